The summed E-state index contributed by atoms with van der Waals surface area (Å²) in [4.78, 5) is 31.5. The van der Waals surface area contributed by atoms with Gasteiger partial charge in [-0.1, -0.05) is 29.8 Å². The van der Waals surface area contributed by atoms with Crippen molar-refractivity contribution in [1.29, 1.82) is 0 Å². The zero-order valence-electron chi connectivity index (χ0n) is 19.2. The topological polar surface area (TPSA) is 40.6 Å². The highest BCUT2D eigenvalue weighted by Gasteiger charge is 2.39. The number of aryl methyl sites for hydroxylation is 1. The average Bonchev–Trinajstić information content (AvgIpc) is 3.57. The second kappa shape index (κ2) is 9.15. The summed E-state index contributed by atoms with van der Waals surface area (Å²) in [5.41, 5.74) is 2.63. The van der Waals surface area contributed by atoms with Crippen molar-refractivity contribution in [2.45, 2.75) is 44.4 Å². The van der Waals surface area contributed by atoms with Crippen LogP contribution >= 0.6 is 11.3 Å². The van der Waals surface area contributed by atoms with Crippen molar-refractivity contribution in [3.8, 4) is 0 Å². The van der Waals surface area contributed by atoms with Gasteiger partial charge in [-0.25, -0.2) is 0 Å². The molecule has 4 nitrogen and oxygen atoms in total. The third-order valence-corrected chi connectivity index (χ3v) is 7.69. The maximum Gasteiger partial charge on any atom is 0.416 e. The predicted octanol–water partition coefficient (Wildman–Crippen LogP) is 5.85. The molecule has 0 saturated heterocycles. The molecular weight excluding hydrogens is 473 g/mol. The first-order chi connectivity index (χ1) is 16.7. The molecule has 1 aromatic heterocycles. The lowest BCUT2D eigenvalue weighted by Crippen LogP contribution is -2.47. The van der Waals surface area contributed by atoms with Crippen molar-refractivity contribution < 1.29 is 22.8 Å². The van der Waals surface area contributed by atoms with E-state index in [0.29, 0.717) is 6.54 Å². The monoisotopic (exact) mass is 498 g/mol. The highest BCUT2D eigenvalue weighted by atomic mass is 32.1. The Hall–Kier alpha value is -3.13. The van der Waals surface area contributed by atoms with Gasteiger partial charge in [-0.15, -0.1) is 11.3 Å². The first-order valence-corrected chi connectivity index (χ1v) is 12.5. The Kier molecular flexibility index (Phi) is 6.17. The van der Waals surface area contributed by atoms with Crippen LogP contribution in [-0.4, -0.2) is 40.7 Å². The number of rotatable bonds is 5. The fourth-order valence-electron chi connectivity index (χ4n) is 4.65. The Morgan fingerprint density at radius 1 is 1.03 bits per heavy atom. The Balaban J connectivity index is 1.39. The summed E-state index contributed by atoms with van der Waals surface area (Å²) in [6, 6.07) is 14.1. The molecule has 3 aromatic rings. The molecule has 5 rings (SSSR count). The molecule has 1 unspecified atom stereocenters. The molecule has 0 N–H and O–H groups in total. The van der Waals surface area contributed by atoms with Gasteiger partial charge in [-0.05, 0) is 73.0 Å². The van der Waals surface area contributed by atoms with E-state index in [1.54, 1.807) is 11.3 Å². The molecule has 0 radical (unpaired) electrons. The Bertz CT molecular complexity index is 1230. The normalized spacial score (nSPS) is 17.7. The van der Waals surface area contributed by atoms with Crippen LogP contribution in [-0.2, 0) is 17.4 Å². The van der Waals surface area contributed by atoms with Gasteiger partial charge in [0, 0.05) is 23.0 Å². The number of nitrogens with zero attached hydrogens (tertiary/aromatic N) is 2. The number of thiophene rings is 1. The van der Waals surface area contributed by atoms with Crippen LogP contribution in [0.15, 0.2) is 60.0 Å². The maximum atomic E-state index is 13.6. The van der Waals surface area contributed by atoms with Gasteiger partial charge in [-0.2, -0.15) is 13.2 Å². The number of halogens is 3. The summed E-state index contributed by atoms with van der Waals surface area (Å²) in [5, 5.41) is 2.05. The second-order valence-electron chi connectivity index (χ2n) is 9.19. The first-order valence-electron chi connectivity index (χ1n) is 11.6. The lowest BCUT2D eigenvalue weighted by molar-refractivity contribution is -0.137. The van der Waals surface area contributed by atoms with Crippen molar-refractivity contribution >= 4 is 23.2 Å². The SMILES string of the molecule is Cc1ccc(C2c3ccsc3CCN2C(=O)CN(C(=O)c2ccc(C(F)(F)F)cc2)C2CC2)cc1. The van der Waals surface area contributed by atoms with Gasteiger partial charge >= 0.3 is 6.18 Å². The van der Waals surface area contributed by atoms with Gasteiger partial charge in [0.2, 0.25) is 5.91 Å². The van der Waals surface area contributed by atoms with Gasteiger partial charge in [0.05, 0.1) is 11.6 Å². The molecule has 1 saturated carbocycles. The van der Waals surface area contributed by atoms with Crippen molar-refractivity contribution in [1.82, 2.24) is 9.80 Å². The van der Waals surface area contributed by atoms with Crippen LogP contribution in [0.5, 0.6) is 0 Å². The lowest BCUT2D eigenvalue weighted by Gasteiger charge is -2.37. The highest BCUT2D eigenvalue weighted by Crippen LogP contribution is 2.38. The lowest BCUT2D eigenvalue weighted by atomic mass is 9.92. The molecule has 182 valence electrons. The molecule has 0 spiro atoms. The molecule has 0 bridgehead atoms. The molecule has 35 heavy (non-hydrogen) atoms. The van der Waals surface area contributed by atoms with Gasteiger partial charge in [-0.3, -0.25) is 9.59 Å². The van der Waals surface area contributed by atoms with E-state index >= 15 is 0 Å². The molecule has 1 fully saturated rings. The van der Waals surface area contributed by atoms with E-state index in [2.05, 4.69) is 6.07 Å². The van der Waals surface area contributed by atoms with E-state index in [0.717, 1.165) is 48.1 Å². The fourth-order valence-corrected chi connectivity index (χ4v) is 5.55. The molecule has 1 aliphatic heterocycles. The van der Waals surface area contributed by atoms with Gasteiger partial charge in [0.15, 0.2) is 0 Å². The van der Waals surface area contributed by atoms with E-state index in [9.17, 15) is 22.8 Å². The summed E-state index contributed by atoms with van der Waals surface area (Å²) in [6.45, 7) is 2.48. The van der Waals surface area contributed by atoms with Gasteiger partial charge in [0.1, 0.15) is 6.54 Å². The zero-order chi connectivity index (χ0) is 24.7. The molecule has 1 atom stereocenters. The third kappa shape index (κ3) is 4.85. The number of hydrogen-bond donors (Lipinski definition) is 0. The summed E-state index contributed by atoms with van der Waals surface area (Å²) in [5.74, 6) is -0.561. The van der Waals surface area contributed by atoms with Crippen molar-refractivity contribution in [3.05, 3.63) is 92.7 Å². The van der Waals surface area contributed by atoms with Crippen LogP contribution < -0.4 is 0 Å². The summed E-state index contributed by atoms with van der Waals surface area (Å²) < 4.78 is 38.8. The number of fused-ring (bicyclic) bond motifs is 1. The van der Waals surface area contributed by atoms with Crippen LogP contribution in [0.4, 0.5) is 13.2 Å². The highest BCUT2D eigenvalue weighted by molar-refractivity contribution is 7.10. The molecule has 2 aromatic carbocycles. The summed E-state index contributed by atoms with van der Waals surface area (Å²) in [6.07, 6.45) is -2.13. The number of hydrogen-bond acceptors (Lipinski definition) is 3. The van der Waals surface area contributed by atoms with Crippen LogP contribution in [0, 0.1) is 6.92 Å². The number of amides is 2. The minimum absolute atomic E-state index is 0.0620. The van der Waals surface area contributed by atoms with Crippen LogP contribution in [0.25, 0.3) is 0 Å². The van der Waals surface area contributed by atoms with E-state index in [4.69, 9.17) is 0 Å². The summed E-state index contributed by atoms with van der Waals surface area (Å²) in [7, 11) is 0. The Morgan fingerprint density at radius 3 is 2.34 bits per heavy atom. The van der Waals surface area contributed by atoms with E-state index in [-0.39, 0.29) is 30.1 Å². The summed E-state index contributed by atoms with van der Waals surface area (Å²) >= 11 is 1.69. The molecule has 8 heteroatoms. The van der Waals surface area contributed by atoms with E-state index < -0.39 is 17.6 Å². The number of alkyl halides is 3. The smallest absolute Gasteiger partial charge is 0.330 e. The van der Waals surface area contributed by atoms with Crippen LogP contribution in [0.1, 0.15) is 56.4 Å². The van der Waals surface area contributed by atoms with E-state index in [1.165, 1.54) is 21.9 Å². The molecule has 1 aliphatic carbocycles. The molecular formula is C27H25F3N2O2S. The van der Waals surface area contributed by atoms with Crippen molar-refractivity contribution in [3.63, 3.8) is 0 Å². The first kappa shape index (κ1) is 23.6. The molecule has 2 aliphatic rings. The predicted molar refractivity (Wildman–Crippen MR) is 128 cm³/mol. The van der Waals surface area contributed by atoms with Crippen LogP contribution in [0.3, 0.4) is 0 Å². The Morgan fingerprint density at radius 2 is 1.71 bits per heavy atom. The standard InChI is InChI=1S/C27H25F3N2O2S/c1-17-2-4-18(5-3-17)25-22-13-15-35-23(22)12-14-31(25)24(33)16-32(21-10-11-21)26(34)19-6-8-20(9-7-19)27(28,29)30/h2-9,13,15,21,25H,10-12,14,16H2,1H3. The fraction of sp³-hybridized carbons (Fsp3) is 0.333. The average molecular weight is 499 g/mol. The zero-order valence-corrected chi connectivity index (χ0v) is 20.0. The quantitative estimate of drug-likeness (QED) is 0.443. The minimum Gasteiger partial charge on any atom is -0.330 e. The molecule has 2 amide bonds. The van der Waals surface area contributed by atoms with E-state index in [1.807, 2.05) is 41.5 Å². The van der Waals surface area contributed by atoms with Gasteiger partial charge in [0.25, 0.3) is 5.91 Å². The third-order valence-electron chi connectivity index (χ3n) is 6.69. The number of carbonyl (C=O) groups is 2. The molecule has 2 heterocycles. The van der Waals surface area contributed by atoms with Gasteiger partial charge < -0.3 is 9.80 Å². The van der Waals surface area contributed by atoms with Crippen LogP contribution in [0.2, 0.25) is 0 Å². The maximum absolute atomic E-state index is 13.6. The van der Waals surface area contributed by atoms with Crippen molar-refractivity contribution in [2.24, 2.45) is 0 Å². The largest absolute Gasteiger partial charge is 0.416 e. The second-order valence-corrected chi connectivity index (χ2v) is 10.2. The minimum atomic E-state index is -4.46. The Labute approximate surface area is 206 Å². The number of carbonyl (C=O) groups excluding carboxylic acids is 2. The number of benzene rings is 2. The van der Waals surface area contributed by atoms with Crippen molar-refractivity contribution in [2.75, 3.05) is 13.1 Å².